The fourth-order valence-corrected chi connectivity index (χ4v) is 2.08. The minimum atomic E-state index is -0.407. The predicted octanol–water partition coefficient (Wildman–Crippen LogP) is 0.950. The third kappa shape index (κ3) is 6.99. The summed E-state index contributed by atoms with van der Waals surface area (Å²) in [6.45, 7) is 11.8. The molecule has 0 aromatic carbocycles. The molecule has 0 radical (unpaired) electrons. The molecule has 0 aliphatic carbocycles. The smallest absolute Gasteiger partial charge is 0.0899 e. The number of methoxy groups -OCH3 is 1. The number of aliphatic hydroxyl groups excluding tert-OH is 1. The Labute approximate surface area is 106 Å². The molecule has 0 heterocycles. The summed E-state index contributed by atoms with van der Waals surface area (Å²) in [6.07, 6.45) is -0.407. The SMILES string of the molecule is CCNC(C)C(C)(C)CN(C)CC(O)COC. The monoisotopic (exact) mass is 246 g/mol. The Kier molecular flexibility index (Phi) is 7.96. The van der Waals surface area contributed by atoms with Crippen molar-refractivity contribution in [2.75, 3.05) is 40.4 Å². The first-order valence-corrected chi connectivity index (χ1v) is 6.42. The predicted molar refractivity (Wildman–Crippen MR) is 72.3 cm³/mol. The maximum Gasteiger partial charge on any atom is 0.0899 e. The minimum Gasteiger partial charge on any atom is -0.389 e. The van der Waals surface area contributed by atoms with Crippen LogP contribution in [-0.4, -0.2) is 62.6 Å². The number of likely N-dealkylation sites (N-methyl/N-ethyl adjacent to an activating group) is 1. The van der Waals surface area contributed by atoms with Crippen LogP contribution < -0.4 is 5.32 Å². The molecule has 0 fully saturated rings. The van der Waals surface area contributed by atoms with Crippen LogP contribution in [-0.2, 0) is 4.74 Å². The van der Waals surface area contributed by atoms with Gasteiger partial charge in [-0.25, -0.2) is 0 Å². The molecule has 2 N–H and O–H groups in total. The quantitative estimate of drug-likeness (QED) is 0.636. The van der Waals surface area contributed by atoms with Crippen LogP contribution in [0.25, 0.3) is 0 Å². The Morgan fingerprint density at radius 3 is 2.47 bits per heavy atom. The largest absolute Gasteiger partial charge is 0.389 e. The van der Waals surface area contributed by atoms with Gasteiger partial charge in [0.1, 0.15) is 0 Å². The summed E-state index contributed by atoms with van der Waals surface area (Å²) in [7, 11) is 3.65. The first-order chi connectivity index (χ1) is 7.83. The number of aliphatic hydroxyl groups is 1. The van der Waals surface area contributed by atoms with Gasteiger partial charge in [0.05, 0.1) is 12.7 Å². The van der Waals surface area contributed by atoms with Crippen molar-refractivity contribution < 1.29 is 9.84 Å². The lowest BCUT2D eigenvalue weighted by Gasteiger charge is -2.36. The van der Waals surface area contributed by atoms with Gasteiger partial charge in [-0.1, -0.05) is 20.8 Å². The summed E-state index contributed by atoms with van der Waals surface area (Å²) in [5, 5.41) is 13.1. The number of nitrogens with one attached hydrogen (secondary N) is 1. The Balaban J connectivity index is 4.11. The molecule has 0 rings (SSSR count). The molecular weight excluding hydrogens is 216 g/mol. The standard InChI is InChI=1S/C13H30N2O2/c1-7-14-11(2)13(3,4)10-15(5)8-12(16)9-17-6/h11-12,14,16H,7-10H2,1-6H3. The van der Waals surface area contributed by atoms with Crippen LogP contribution in [0, 0.1) is 5.41 Å². The van der Waals surface area contributed by atoms with Gasteiger partial charge < -0.3 is 20.1 Å². The van der Waals surface area contributed by atoms with Gasteiger partial charge in [-0.05, 0) is 25.9 Å². The number of rotatable bonds is 9. The maximum absolute atomic E-state index is 9.68. The summed E-state index contributed by atoms with van der Waals surface area (Å²) in [5.41, 5.74) is 0.178. The molecule has 2 atom stereocenters. The minimum absolute atomic E-state index is 0.178. The van der Waals surface area contributed by atoms with E-state index >= 15 is 0 Å². The normalized spacial score (nSPS) is 16.2. The van der Waals surface area contributed by atoms with E-state index in [1.165, 1.54) is 0 Å². The van der Waals surface area contributed by atoms with E-state index in [9.17, 15) is 5.11 Å². The van der Waals surface area contributed by atoms with Gasteiger partial charge in [0.15, 0.2) is 0 Å². The summed E-state index contributed by atoms with van der Waals surface area (Å²) in [4.78, 5) is 2.16. The highest BCUT2D eigenvalue weighted by Crippen LogP contribution is 2.21. The van der Waals surface area contributed by atoms with Crippen LogP contribution in [0.2, 0.25) is 0 Å². The van der Waals surface area contributed by atoms with Gasteiger partial charge in [0.25, 0.3) is 0 Å². The fourth-order valence-electron chi connectivity index (χ4n) is 2.08. The summed E-state index contributed by atoms with van der Waals surface area (Å²) < 4.78 is 4.93. The van der Waals surface area contributed by atoms with E-state index in [1.807, 2.05) is 7.05 Å². The first kappa shape index (κ1) is 16.8. The Hall–Kier alpha value is -0.160. The third-order valence-corrected chi connectivity index (χ3v) is 3.24. The molecule has 0 amide bonds. The summed E-state index contributed by atoms with van der Waals surface area (Å²) in [6, 6.07) is 0.453. The fraction of sp³-hybridized carbons (Fsp3) is 1.00. The number of nitrogens with zero attached hydrogens (tertiary/aromatic N) is 1. The Morgan fingerprint density at radius 2 is 2.00 bits per heavy atom. The summed E-state index contributed by atoms with van der Waals surface area (Å²) >= 11 is 0. The van der Waals surface area contributed by atoms with E-state index in [1.54, 1.807) is 7.11 Å². The molecule has 0 aromatic rings. The van der Waals surface area contributed by atoms with E-state index in [4.69, 9.17) is 4.74 Å². The van der Waals surface area contributed by atoms with Gasteiger partial charge >= 0.3 is 0 Å². The topological polar surface area (TPSA) is 44.7 Å². The van der Waals surface area contributed by atoms with Crippen molar-refractivity contribution in [2.45, 2.75) is 39.8 Å². The lowest BCUT2D eigenvalue weighted by atomic mass is 9.84. The molecule has 0 bridgehead atoms. The first-order valence-electron chi connectivity index (χ1n) is 6.42. The Bertz CT molecular complexity index is 198. The van der Waals surface area contributed by atoms with Crippen molar-refractivity contribution in [1.82, 2.24) is 10.2 Å². The molecule has 0 aromatic heterocycles. The zero-order chi connectivity index (χ0) is 13.5. The molecule has 4 nitrogen and oxygen atoms in total. The highest BCUT2D eigenvalue weighted by Gasteiger charge is 2.27. The van der Waals surface area contributed by atoms with Crippen LogP contribution in [0.15, 0.2) is 0 Å². The van der Waals surface area contributed by atoms with Crippen molar-refractivity contribution in [3.05, 3.63) is 0 Å². The second kappa shape index (κ2) is 8.03. The molecule has 0 spiro atoms. The average molecular weight is 246 g/mol. The lowest BCUT2D eigenvalue weighted by Crippen LogP contribution is -2.47. The van der Waals surface area contributed by atoms with E-state index in [2.05, 4.69) is 37.9 Å². The highest BCUT2D eigenvalue weighted by atomic mass is 16.5. The van der Waals surface area contributed by atoms with Gasteiger partial charge in [0.2, 0.25) is 0 Å². The molecule has 0 saturated carbocycles. The molecule has 4 heteroatoms. The van der Waals surface area contributed by atoms with Gasteiger partial charge in [0, 0.05) is 26.2 Å². The second-order valence-electron chi connectivity index (χ2n) is 5.57. The molecule has 104 valence electrons. The molecule has 17 heavy (non-hydrogen) atoms. The zero-order valence-electron chi connectivity index (χ0n) is 12.3. The molecule has 0 saturated heterocycles. The van der Waals surface area contributed by atoms with Crippen molar-refractivity contribution in [1.29, 1.82) is 0 Å². The number of ether oxygens (including phenoxy) is 1. The van der Waals surface area contributed by atoms with Crippen molar-refractivity contribution in [3.8, 4) is 0 Å². The van der Waals surface area contributed by atoms with Crippen LogP contribution in [0.1, 0.15) is 27.7 Å². The maximum atomic E-state index is 9.68. The third-order valence-electron chi connectivity index (χ3n) is 3.24. The van der Waals surface area contributed by atoms with Crippen LogP contribution in [0.3, 0.4) is 0 Å². The van der Waals surface area contributed by atoms with Crippen LogP contribution in [0.4, 0.5) is 0 Å². The van der Waals surface area contributed by atoms with E-state index < -0.39 is 6.10 Å². The van der Waals surface area contributed by atoms with E-state index in [-0.39, 0.29) is 5.41 Å². The average Bonchev–Trinajstić information content (AvgIpc) is 2.16. The summed E-state index contributed by atoms with van der Waals surface area (Å²) in [5.74, 6) is 0. The van der Waals surface area contributed by atoms with Crippen LogP contribution in [0.5, 0.6) is 0 Å². The van der Waals surface area contributed by atoms with Crippen molar-refractivity contribution in [3.63, 3.8) is 0 Å². The van der Waals surface area contributed by atoms with E-state index in [0.717, 1.165) is 13.1 Å². The molecule has 2 unspecified atom stereocenters. The van der Waals surface area contributed by atoms with E-state index in [0.29, 0.717) is 19.2 Å². The highest BCUT2D eigenvalue weighted by molar-refractivity contribution is 4.83. The zero-order valence-corrected chi connectivity index (χ0v) is 12.3. The molecule has 0 aliphatic rings. The number of hydrogen-bond acceptors (Lipinski definition) is 4. The molecule has 0 aliphatic heterocycles. The second-order valence-corrected chi connectivity index (χ2v) is 5.57. The number of hydrogen-bond donors (Lipinski definition) is 2. The lowest BCUT2D eigenvalue weighted by molar-refractivity contribution is 0.0333. The van der Waals surface area contributed by atoms with Crippen molar-refractivity contribution in [2.24, 2.45) is 5.41 Å². The van der Waals surface area contributed by atoms with Gasteiger partial charge in [-0.3, -0.25) is 0 Å². The van der Waals surface area contributed by atoms with Gasteiger partial charge in [-0.15, -0.1) is 0 Å². The van der Waals surface area contributed by atoms with Crippen molar-refractivity contribution >= 4 is 0 Å². The van der Waals surface area contributed by atoms with Gasteiger partial charge in [-0.2, -0.15) is 0 Å². The molecular formula is C13H30N2O2. The van der Waals surface area contributed by atoms with Crippen LogP contribution >= 0.6 is 0 Å². The Morgan fingerprint density at radius 1 is 1.41 bits per heavy atom.